The van der Waals surface area contributed by atoms with E-state index < -0.39 is 0 Å². The van der Waals surface area contributed by atoms with Gasteiger partial charge >= 0.3 is 0 Å². The van der Waals surface area contributed by atoms with Crippen LogP contribution in [-0.4, -0.2) is 18.1 Å². The molecule has 1 aromatic heterocycles. The minimum Gasteiger partial charge on any atom is -0.361 e. The second-order valence-electron chi connectivity index (χ2n) is 3.07. The molecular formula is C9H14N2O2. The Kier molecular flexibility index (Phi) is 2.70. The average Bonchev–Trinajstić information content (AvgIpc) is 2.44. The van der Waals surface area contributed by atoms with Crippen molar-refractivity contribution in [3.05, 3.63) is 17.0 Å². The van der Waals surface area contributed by atoms with Gasteiger partial charge in [0.1, 0.15) is 5.76 Å². The van der Waals surface area contributed by atoms with Gasteiger partial charge in [-0.2, -0.15) is 0 Å². The molecule has 13 heavy (non-hydrogen) atoms. The van der Waals surface area contributed by atoms with Crippen molar-refractivity contribution in [2.45, 2.75) is 26.7 Å². The highest BCUT2D eigenvalue weighted by atomic mass is 16.5. The number of hydrogen-bond acceptors (Lipinski definition) is 3. The molecule has 1 amide bonds. The van der Waals surface area contributed by atoms with Gasteiger partial charge in [0.15, 0.2) is 0 Å². The van der Waals surface area contributed by atoms with E-state index in [4.69, 9.17) is 4.52 Å². The summed E-state index contributed by atoms with van der Waals surface area (Å²) < 4.78 is 4.98. The van der Waals surface area contributed by atoms with Gasteiger partial charge in [-0.3, -0.25) is 4.79 Å². The van der Waals surface area contributed by atoms with Crippen LogP contribution in [0.15, 0.2) is 4.52 Å². The molecule has 1 unspecified atom stereocenters. The second kappa shape index (κ2) is 3.60. The van der Waals surface area contributed by atoms with Gasteiger partial charge in [0.05, 0.1) is 11.6 Å². The molecule has 0 radical (unpaired) electrons. The Bertz CT molecular complexity index is 298. The Morgan fingerprint density at radius 3 is 2.54 bits per heavy atom. The number of carbonyl (C=O) groups is 1. The highest BCUT2D eigenvalue weighted by Crippen LogP contribution is 2.22. The predicted octanol–water partition coefficient (Wildman–Crippen LogP) is 1.14. The van der Waals surface area contributed by atoms with Gasteiger partial charge in [-0.25, -0.2) is 0 Å². The zero-order valence-corrected chi connectivity index (χ0v) is 8.34. The Labute approximate surface area is 77.3 Å². The summed E-state index contributed by atoms with van der Waals surface area (Å²) in [6.07, 6.45) is 0. The summed E-state index contributed by atoms with van der Waals surface area (Å²) >= 11 is 0. The van der Waals surface area contributed by atoms with E-state index >= 15 is 0 Å². The van der Waals surface area contributed by atoms with E-state index in [0.717, 1.165) is 11.3 Å². The van der Waals surface area contributed by atoms with Gasteiger partial charge in [-0.1, -0.05) is 5.16 Å². The van der Waals surface area contributed by atoms with Crippen LogP contribution in [0.1, 0.15) is 29.9 Å². The first-order valence-corrected chi connectivity index (χ1v) is 4.22. The lowest BCUT2D eigenvalue weighted by Crippen LogP contribution is -2.24. The lowest BCUT2D eigenvalue weighted by Gasteiger charge is -2.08. The molecule has 1 heterocycles. The van der Waals surface area contributed by atoms with Gasteiger partial charge in [-0.05, 0) is 20.8 Å². The van der Waals surface area contributed by atoms with Crippen molar-refractivity contribution < 1.29 is 9.32 Å². The molecule has 0 spiro atoms. The number of hydrogen-bond donors (Lipinski definition) is 1. The molecule has 4 nitrogen and oxygen atoms in total. The minimum atomic E-state index is -0.198. The maximum absolute atomic E-state index is 11.3. The summed E-state index contributed by atoms with van der Waals surface area (Å²) in [5.74, 6) is 0.499. The number of nitrogens with zero attached hydrogens (tertiary/aromatic N) is 1. The summed E-state index contributed by atoms with van der Waals surface area (Å²) in [6, 6.07) is 0. The van der Waals surface area contributed by atoms with Crippen LogP contribution in [0.3, 0.4) is 0 Å². The van der Waals surface area contributed by atoms with E-state index in [2.05, 4.69) is 10.5 Å². The summed E-state index contributed by atoms with van der Waals surface area (Å²) in [7, 11) is 1.62. The number of carbonyl (C=O) groups excluding carboxylic acids is 1. The van der Waals surface area contributed by atoms with Crippen molar-refractivity contribution in [3.8, 4) is 0 Å². The first-order chi connectivity index (χ1) is 6.07. The summed E-state index contributed by atoms with van der Waals surface area (Å²) in [5, 5.41) is 6.40. The molecular weight excluding hydrogens is 168 g/mol. The number of amides is 1. The Morgan fingerprint density at radius 2 is 2.15 bits per heavy atom. The highest BCUT2D eigenvalue weighted by molar-refractivity contribution is 5.83. The average molecular weight is 182 g/mol. The van der Waals surface area contributed by atoms with Crippen molar-refractivity contribution in [1.29, 1.82) is 0 Å². The van der Waals surface area contributed by atoms with E-state index in [0.29, 0.717) is 5.76 Å². The van der Waals surface area contributed by atoms with Crippen LogP contribution < -0.4 is 5.32 Å². The third kappa shape index (κ3) is 1.71. The highest BCUT2D eigenvalue weighted by Gasteiger charge is 2.21. The fraction of sp³-hybridized carbons (Fsp3) is 0.556. The first-order valence-electron chi connectivity index (χ1n) is 4.22. The number of aryl methyl sites for hydroxylation is 2. The molecule has 0 saturated heterocycles. The SMILES string of the molecule is CNC(=O)C(C)c1c(C)noc1C. The number of nitrogens with one attached hydrogen (secondary N) is 1. The fourth-order valence-electron chi connectivity index (χ4n) is 1.46. The van der Waals surface area contributed by atoms with Crippen LogP contribution in [0.5, 0.6) is 0 Å². The third-order valence-electron chi connectivity index (χ3n) is 2.16. The summed E-state index contributed by atoms with van der Waals surface area (Å²) in [5.41, 5.74) is 1.67. The molecule has 1 rings (SSSR count). The van der Waals surface area contributed by atoms with Gasteiger partial charge in [-0.15, -0.1) is 0 Å². The fourth-order valence-corrected chi connectivity index (χ4v) is 1.46. The van der Waals surface area contributed by atoms with Crippen molar-refractivity contribution in [2.75, 3.05) is 7.05 Å². The standard InChI is InChI=1S/C9H14N2O2/c1-5(9(12)10-4)8-6(2)11-13-7(8)3/h5H,1-4H3,(H,10,12). The molecule has 0 aromatic carbocycles. The maximum atomic E-state index is 11.3. The van der Waals surface area contributed by atoms with Gasteiger partial charge in [0, 0.05) is 12.6 Å². The van der Waals surface area contributed by atoms with E-state index in [9.17, 15) is 4.79 Å². The molecule has 72 valence electrons. The molecule has 0 saturated carbocycles. The van der Waals surface area contributed by atoms with Crippen LogP contribution in [0.2, 0.25) is 0 Å². The predicted molar refractivity (Wildman–Crippen MR) is 48.5 cm³/mol. The van der Waals surface area contributed by atoms with E-state index in [1.54, 1.807) is 7.05 Å². The minimum absolute atomic E-state index is 0.0191. The maximum Gasteiger partial charge on any atom is 0.227 e. The zero-order chi connectivity index (χ0) is 10.0. The van der Waals surface area contributed by atoms with Crippen molar-refractivity contribution in [1.82, 2.24) is 10.5 Å². The van der Waals surface area contributed by atoms with Crippen LogP contribution in [0, 0.1) is 13.8 Å². The van der Waals surface area contributed by atoms with Crippen molar-refractivity contribution in [2.24, 2.45) is 0 Å². The largest absolute Gasteiger partial charge is 0.361 e. The topological polar surface area (TPSA) is 55.1 Å². The lowest BCUT2D eigenvalue weighted by molar-refractivity contribution is -0.121. The van der Waals surface area contributed by atoms with Crippen LogP contribution in [0.25, 0.3) is 0 Å². The van der Waals surface area contributed by atoms with Crippen molar-refractivity contribution in [3.63, 3.8) is 0 Å². The third-order valence-corrected chi connectivity index (χ3v) is 2.16. The molecule has 0 aliphatic heterocycles. The molecule has 1 aromatic rings. The Balaban J connectivity index is 3.00. The summed E-state index contributed by atoms with van der Waals surface area (Å²) in [4.78, 5) is 11.3. The Hall–Kier alpha value is -1.32. The molecule has 4 heteroatoms. The van der Waals surface area contributed by atoms with Gasteiger partial charge < -0.3 is 9.84 Å². The quantitative estimate of drug-likeness (QED) is 0.746. The smallest absolute Gasteiger partial charge is 0.227 e. The van der Waals surface area contributed by atoms with Crippen molar-refractivity contribution >= 4 is 5.91 Å². The normalized spacial score (nSPS) is 12.6. The van der Waals surface area contributed by atoms with E-state index in [1.807, 2.05) is 20.8 Å². The Morgan fingerprint density at radius 1 is 1.54 bits per heavy atom. The van der Waals surface area contributed by atoms with Gasteiger partial charge in [0.25, 0.3) is 0 Å². The number of aromatic nitrogens is 1. The molecule has 0 bridgehead atoms. The van der Waals surface area contributed by atoms with Crippen LogP contribution in [0.4, 0.5) is 0 Å². The first kappa shape index (κ1) is 9.77. The second-order valence-corrected chi connectivity index (χ2v) is 3.07. The lowest BCUT2D eigenvalue weighted by atomic mass is 9.99. The zero-order valence-electron chi connectivity index (χ0n) is 8.34. The molecule has 1 N–H and O–H groups in total. The van der Waals surface area contributed by atoms with Crippen LogP contribution in [-0.2, 0) is 4.79 Å². The molecule has 0 fully saturated rings. The molecule has 1 atom stereocenters. The molecule has 0 aliphatic carbocycles. The summed E-state index contributed by atoms with van der Waals surface area (Å²) in [6.45, 7) is 5.49. The number of likely N-dealkylation sites (N-methyl/N-ethyl adjacent to an activating group) is 1. The molecule has 0 aliphatic rings. The van der Waals surface area contributed by atoms with Crippen LogP contribution >= 0.6 is 0 Å². The van der Waals surface area contributed by atoms with Gasteiger partial charge in [0.2, 0.25) is 5.91 Å². The van der Waals surface area contributed by atoms with E-state index in [1.165, 1.54) is 0 Å². The van der Waals surface area contributed by atoms with E-state index in [-0.39, 0.29) is 11.8 Å². The monoisotopic (exact) mass is 182 g/mol. The number of rotatable bonds is 2.